The van der Waals surface area contributed by atoms with Gasteiger partial charge in [0.15, 0.2) is 0 Å². The summed E-state index contributed by atoms with van der Waals surface area (Å²) >= 11 is 5.96. The molecule has 3 aromatic carbocycles. The summed E-state index contributed by atoms with van der Waals surface area (Å²) in [5.74, 6) is -3.37. The Hall–Kier alpha value is -4.78. The number of carbonyl (C=O) groups excluding carboxylic acids is 3. The second-order valence-electron chi connectivity index (χ2n) is 7.79. The number of esters is 1. The van der Waals surface area contributed by atoms with Crippen LogP contribution < -0.4 is 10.7 Å². The van der Waals surface area contributed by atoms with Crippen molar-refractivity contribution in [1.82, 2.24) is 5.43 Å². The lowest BCUT2D eigenvalue weighted by atomic mass is 9.97. The number of benzene rings is 3. The first-order valence-corrected chi connectivity index (χ1v) is 11.4. The number of hydrazone groups is 1. The van der Waals surface area contributed by atoms with E-state index >= 15 is 0 Å². The number of alkyl halides is 3. The van der Waals surface area contributed by atoms with E-state index < -0.39 is 45.7 Å². The molecule has 0 aliphatic heterocycles. The van der Waals surface area contributed by atoms with Gasteiger partial charge in [-0.25, -0.2) is 9.18 Å². The van der Waals surface area contributed by atoms with E-state index in [4.69, 9.17) is 21.7 Å². The molecule has 0 aliphatic rings. The van der Waals surface area contributed by atoms with Crippen LogP contribution in [0.1, 0.15) is 43.0 Å². The molecule has 0 heterocycles. The van der Waals surface area contributed by atoms with E-state index in [0.29, 0.717) is 6.07 Å². The molecule has 0 aliphatic carbocycles. The van der Waals surface area contributed by atoms with Crippen molar-refractivity contribution in [3.63, 3.8) is 0 Å². The van der Waals surface area contributed by atoms with E-state index in [1.165, 1.54) is 25.2 Å². The first kappa shape index (κ1) is 29.8. The molecule has 0 fully saturated rings. The third kappa shape index (κ3) is 6.43. The Balaban J connectivity index is 2.17. The molecule has 0 unspecified atom stereocenters. The maximum atomic E-state index is 14.9. The number of carbonyl (C=O) groups is 3. The van der Waals surface area contributed by atoms with Crippen LogP contribution in [0.15, 0.2) is 59.7 Å². The van der Waals surface area contributed by atoms with Crippen LogP contribution in [-0.2, 0) is 20.4 Å². The van der Waals surface area contributed by atoms with Crippen molar-refractivity contribution in [3.05, 3.63) is 98.8 Å². The van der Waals surface area contributed by atoms with Crippen LogP contribution in [-0.4, -0.2) is 44.1 Å². The van der Waals surface area contributed by atoms with Crippen LogP contribution in [0.2, 0.25) is 5.02 Å². The van der Waals surface area contributed by atoms with Crippen molar-refractivity contribution in [1.29, 1.82) is 5.41 Å². The maximum absolute atomic E-state index is 14.9. The highest BCUT2D eigenvalue weighted by molar-refractivity contribution is 6.35. The van der Waals surface area contributed by atoms with Gasteiger partial charge >= 0.3 is 12.1 Å². The Morgan fingerprint density at radius 3 is 2.33 bits per heavy atom. The lowest BCUT2D eigenvalue weighted by molar-refractivity contribution is -0.137. The Morgan fingerprint density at radius 1 is 1.05 bits per heavy atom. The third-order valence-electron chi connectivity index (χ3n) is 5.36. The molecule has 208 valence electrons. The quantitative estimate of drug-likeness (QED) is 0.0861. The van der Waals surface area contributed by atoms with E-state index in [-0.39, 0.29) is 40.3 Å². The summed E-state index contributed by atoms with van der Waals surface area (Å²) in [5, 5.41) is 14.2. The summed E-state index contributed by atoms with van der Waals surface area (Å²) in [5.41, 5.74) is -1.08. The Kier molecular flexibility index (Phi) is 9.22. The minimum absolute atomic E-state index is 0.0602. The molecule has 0 atom stereocenters. The lowest BCUT2D eigenvalue weighted by Crippen LogP contribution is -2.21. The van der Waals surface area contributed by atoms with E-state index in [1.807, 2.05) is 0 Å². The number of methoxy groups -OCH3 is 1. The SMILES string of the molecule is CN/N=C(\OC=O)c1ccc(C(=N)c2ccc(C(=O)OC)cc2F)c(NC(=O)c2c(Cl)cccc2C(F)(F)F)c1. The topological polar surface area (TPSA) is 130 Å². The summed E-state index contributed by atoms with van der Waals surface area (Å²) in [6.45, 7) is 0.0714. The predicted octanol–water partition coefficient (Wildman–Crippen LogP) is 5.01. The van der Waals surface area contributed by atoms with Gasteiger partial charge < -0.3 is 20.2 Å². The molecule has 0 saturated heterocycles. The van der Waals surface area contributed by atoms with Gasteiger partial charge in [-0.15, -0.1) is 5.10 Å². The molecule has 40 heavy (non-hydrogen) atoms. The zero-order valence-corrected chi connectivity index (χ0v) is 21.4. The number of rotatable bonds is 8. The van der Waals surface area contributed by atoms with E-state index in [2.05, 4.69) is 20.6 Å². The molecular formula is C26H19ClF4N4O5. The van der Waals surface area contributed by atoms with Crippen LogP contribution >= 0.6 is 11.6 Å². The van der Waals surface area contributed by atoms with Gasteiger partial charge in [-0.1, -0.05) is 17.7 Å². The fourth-order valence-electron chi connectivity index (χ4n) is 3.59. The van der Waals surface area contributed by atoms with Gasteiger partial charge in [-0.3, -0.25) is 15.0 Å². The molecule has 0 saturated carbocycles. The first-order valence-electron chi connectivity index (χ1n) is 11.1. The number of nitrogens with one attached hydrogen (secondary N) is 3. The average Bonchev–Trinajstić information content (AvgIpc) is 2.91. The Labute approximate surface area is 229 Å². The molecule has 0 bridgehead atoms. The van der Waals surface area contributed by atoms with Crippen LogP contribution in [0.4, 0.5) is 23.2 Å². The molecule has 14 heteroatoms. The highest BCUT2D eigenvalue weighted by Gasteiger charge is 2.36. The van der Waals surface area contributed by atoms with Gasteiger partial charge in [0.25, 0.3) is 12.4 Å². The third-order valence-corrected chi connectivity index (χ3v) is 5.68. The molecule has 0 spiro atoms. The summed E-state index contributed by atoms with van der Waals surface area (Å²) in [7, 11) is 2.51. The van der Waals surface area contributed by atoms with Gasteiger partial charge in [-0.05, 0) is 48.5 Å². The van der Waals surface area contributed by atoms with E-state index in [0.717, 1.165) is 37.4 Å². The highest BCUT2D eigenvalue weighted by Crippen LogP contribution is 2.36. The number of anilines is 1. The smallest absolute Gasteiger partial charge is 0.417 e. The van der Waals surface area contributed by atoms with Gasteiger partial charge in [0.2, 0.25) is 5.90 Å². The monoisotopic (exact) mass is 578 g/mol. The predicted molar refractivity (Wildman–Crippen MR) is 137 cm³/mol. The molecule has 3 rings (SSSR count). The van der Waals surface area contributed by atoms with Crippen molar-refractivity contribution in [2.75, 3.05) is 19.5 Å². The average molecular weight is 579 g/mol. The molecule has 3 N–H and O–H groups in total. The lowest BCUT2D eigenvalue weighted by Gasteiger charge is -2.17. The van der Waals surface area contributed by atoms with Crippen LogP contribution in [0.25, 0.3) is 0 Å². The maximum Gasteiger partial charge on any atom is 0.417 e. The van der Waals surface area contributed by atoms with E-state index in [1.54, 1.807) is 0 Å². The number of hydrogen-bond acceptors (Lipinski definition) is 8. The zero-order valence-electron chi connectivity index (χ0n) is 20.7. The minimum atomic E-state index is -4.93. The second-order valence-corrected chi connectivity index (χ2v) is 8.20. The number of amides is 1. The molecule has 0 aromatic heterocycles. The molecule has 0 radical (unpaired) electrons. The summed E-state index contributed by atoms with van der Waals surface area (Å²) in [6.07, 6.45) is -4.93. The van der Waals surface area contributed by atoms with Crippen LogP contribution in [0, 0.1) is 11.2 Å². The van der Waals surface area contributed by atoms with Crippen molar-refractivity contribution < 1.29 is 41.4 Å². The van der Waals surface area contributed by atoms with Gasteiger partial charge in [0.1, 0.15) is 5.82 Å². The molecule has 9 nitrogen and oxygen atoms in total. The van der Waals surface area contributed by atoms with Crippen molar-refractivity contribution >= 4 is 47.2 Å². The fourth-order valence-corrected chi connectivity index (χ4v) is 3.85. The van der Waals surface area contributed by atoms with Crippen molar-refractivity contribution in [2.24, 2.45) is 5.10 Å². The number of halogens is 5. The first-order chi connectivity index (χ1) is 18.9. The normalized spacial score (nSPS) is 11.4. The summed E-state index contributed by atoms with van der Waals surface area (Å²) in [4.78, 5) is 35.8. The van der Waals surface area contributed by atoms with Gasteiger partial charge in [-0.2, -0.15) is 13.2 Å². The summed E-state index contributed by atoms with van der Waals surface area (Å²) in [6, 6.07) is 9.69. The summed E-state index contributed by atoms with van der Waals surface area (Å²) < 4.78 is 65.2. The number of nitrogens with zero attached hydrogens (tertiary/aromatic N) is 1. The minimum Gasteiger partial charge on any atom is -0.465 e. The van der Waals surface area contributed by atoms with Gasteiger partial charge in [0.05, 0.1) is 40.2 Å². The van der Waals surface area contributed by atoms with Gasteiger partial charge in [0, 0.05) is 23.7 Å². The Bertz CT molecular complexity index is 1530. The highest BCUT2D eigenvalue weighted by atomic mass is 35.5. The number of hydrogen-bond donors (Lipinski definition) is 3. The van der Waals surface area contributed by atoms with Crippen molar-refractivity contribution in [3.8, 4) is 0 Å². The van der Waals surface area contributed by atoms with Crippen LogP contribution in [0.3, 0.4) is 0 Å². The second kappa shape index (κ2) is 12.4. The molecule has 1 amide bonds. The molecule has 3 aromatic rings. The fraction of sp³-hybridized carbons (Fsp3) is 0.115. The number of ether oxygens (including phenoxy) is 2. The molecular weight excluding hydrogens is 560 g/mol. The largest absolute Gasteiger partial charge is 0.465 e. The standard InChI is InChI=1S/C26H19ClF4N4O5/c1-33-35-24(40-12-36)13-6-9-16(22(32)15-8-7-14(10-19(15)28)25(38)39-2)20(11-13)34-23(37)21-17(26(29,30)31)4-3-5-18(21)27/h3-12,32-33H,1-2H3,(H,34,37)/b32-22?,35-24-. The van der Waals surface area contributed by atoms with E-state index in [9.17, 15) is 31.9 Å². The van der Waals surface area contributed by atoms with Crippen LogP contribution in [0.5, 0.6) is 0 Å². The van der Waals surface area contributed by atoms with Crippen molar-refractivity contribution in [2.45, 2.75) is 6.18 Å². The zero-order chi connectivity index (χ0) is 29.6. The Morgan fingerprint density at radius 2 is 1.73 bits per heavy atom.